The van der Waals surface area contributed by atoms with Gasteiger partial charge in [0.1, 0.15) is 0 Å². The quantitative estimate of drug-likeness (QED) is 0.467. The molecule has 0 aliphatic carbocycles. The molecule has 0 saturated carbocycles. The van der Waals surface area contributed by atoms with E-state index in [0.717, 1.165) is 4.90 Å². The monoisotopic (exact) mass is 457 g/mol. The number of benzene rings is 3. The molecule has 1 aliphatic heterocycles. The van der Waals surface area contributed by atoms with E-state index in [-0.39, 0.29) is 29.8 Å². The SMILES string of the molecule is O=C(O)c1cccc(NC(=O)c2cccc(C(=O)NCCN3C(=O)c4ccccc4C3=O)c2)c1. The molecule has 9 heteroatoms. The van der Waals surface area contributed by atoms with Crippen LogP contribution in [0.2, 0.25) is 0 Å². The third-order valence-electron chi connectivity index (χ3n) is 5.25. The molecule has 1 heterocycles. The minimum absolute atomic E-state index is 0.0121. The average molecular weight is 457 g/mol. The Bertz CT molecular complexity index is 1300. The van der Waals surface area contributed by atoms with Crippen LogP contribution in [0.4, 0.5) is 5.69 Å². The number of rotatable bonds is 7. The van der Waals surface area contributed by atoms with Gasteiger partial charge in [-0.3, -0.25) is 24.1 Å². The first-order valence-corrected chi connectivity index (χ1v) is 10.3. The highest BCUT2D eigenvalue weighted by atomic mass is 16.4. The molecule has 3 aromatic carbocycles. The van der Waals surface area contributed by atoms with Crippen LogP contribution >= 0.6 is 0 Å². The van der Waals surface area contributed by atoms with Crippen molar-refractivity contribution in [2.45, 2.75) is 0 Å². The van der Waals surface area contributed by atoms with E-state index in [1.807, 2.05) is 0 Å². The summed E-state index contributed by atoms with van der Waals surface area (Å²) in [6, 6.07) is 18.3. The lowest BCUT2D eigenvalue weighted by Gasteiger charge is -2.14. The molecule has 0 radical (unpaired) electrons. The summed E-state index contributed by atoms with van der Waals surface area (Å²) >= 11 is 0. The van der Waals surface area contributed by atoms with Crippen molar-refractivity contribution in [3.8, 4) is 0 Å². The molecule has 170 valence electrons. The van der Waals surface area contributed by atoms with Gasteiger partial charge in [-0.1, -0.05) is 24.3 Å². The van der Waals surface area contributed by atoms with E-state index in [1.54, 1.807) is 36.4 Å². The lowest BCUT2D eigenvalue weighted by Crippen LogP contribution is -2.38. The third kappa shape index (κ3) is 4.53. The number of carbonyl (C=O) groups excluding carboxylic acids is 4. The average Bonchev–Trinajstić information content (AvgIpc) is 3.09. The number of imide groups is 1. The van der Waals surface area contributed by atoms with Crippen LogP contribution in [0, 0.1) is 0 Å². The zero-order chi connectivity index (χ0) is 24.2. The van der Waals surface area contributed by atoms with Crippen LogP contribution < -0.4 is 10.6 Å². The van der Waals surface area contributed by atoms with Gasteiger partial charge in [-0.15, -0.1) is 0 Å². The second kappa shape index (κ2) is 9.37. The lowest BCUT2D eigenvalue weighted by molar-refractivity contribution is 0.0647. The van der Waals surface area contributed by atoms with E-state index in [4.69, 9.17) is 5.11 Å². The zero-order valence-corrected chi connectivity index (χ0v) is 17.8. The fourth-order valence-corrected chi connectivity index (χ4v) is 3.56. The topological polar surface area (TPSA) is 133 Å². The van der Waals surface area contributed by atoms with Crippen molar-refractivity contribution >= 4 is 35.3 Å². The second-order valence-corrected chi connectivity index (χ2v) is 7.48. The zero-order valence-electron chi connectivity index (χ0n) is 17.8. The Kier molecular flexibility index (Phi) is 6.18. The molecule has 0 unspecified atom stereocenters. The number of carboxylic acids is 1. The number of anilines is 1. The van der Waals surface area contributed by atoms with Crippen LogP contribution in [0.3, 0.4) is 0 Å². The number of hydrogen-bond acceptors (Lipinski definition) is 5. The standard InChI is InChI=1S/C25H19N3O6/c29-21(26-11-12-28-23(31)19-9-1-2-10-20(19)24(28)32)15-5-3-6-16(13-15)22(30)27-18-8-4-7-17(14-18)25(33)34/h1-10,13-14H,11-12H2,(H,26,29)(H,27,30)(H,33,34). The van der Waals surface area contributed by atoms with Crippen LogP contribution in [0.5, 0.6) is 0 Å². The first-order valence-electron chi connectivity index (χ1n) is 10.3. The molecule has 0 fully saturated rings. The number of nitrogens with one attached hydrogen (secondary N) is 2. The van der Waals surface area contributed by atoms with Crippen molar-refractivity contribution in [3.05, 3.63) is 101 Å². The Hall–Kier alpha value is -4.79. The Labute approximate surface area is 194 Å². The van der Waals surface area contributed by atoms with E-state index in [2.05, 4.69) is 10.6 Å². The van der Waals surface area contributed by atoms with E-state index in [9.17, 15) is 24.0 Å². The van der Waals surface area contributed by atoms with Crippen molar-refractivity contribution in [2.24, 2.45) is 0 Å². The highest BCUT2D eigenvalue weighted by molar-refractivity contribution is 6.21. The summed E-state index contributed by atoms with van der Waals surface area (Å²) in [6.45, 7) is 0.0564. The molecule has 0 spiro atoms. The summed E-state index contributed by atoms with van der Waals surface area (Å²) in [5.74, 6) is -2.90. The molecule has 1 aliphatic rings. The fraction of sp³-hybridized carbons (Fsp3) is 0.0800. The maximum absolute atomic E-state index is 12.6. The normalized spacial score (nSPS) is 12.3. The van der Waals surface area contributed by atoms with E-state index < -0.39 is 29.6 Å². The number of aromatic carboxylic acids is 1. The number of hydrogen-bond donors (Lipinski definition) is 3. The summed E-state index contributed by atoms with van der Waals surface area (Å²) in [5.41, 5.74) is 1.44. The van der Waals surface area contributed by atoms with Gasteiger partial charge in [0.05, 0.1) is 16.7 Å². The van der Waals surface area contributed by atoms with Crippen LogP contribution in [0.1, 0.15) is 51.8 Å². The van der Waals surface area contributed by atoms with Gasteiger partial charge in [-0.25, -0.2) is 4.79 Å². The maximum Gasteiger partial charge on any atom is 0.335 e. The second-order valence-electron chi connectivity index (χ2n) is 7.48. The number of fused-ring (bicyclic) bond motifs is 1. The molecule has 3 aromatic rings. The predicted octanol–water partition coefficient (Wildman–Crippen LogP) is 2.66. The van der Waals surface area contributed by atoms with Crippen molar-refractivity contribution < 1.29 is 29.1 Å². The van der Waals surface area contributed by atoms with Gasteiger partial charge in [-0.05, 0) is 48.5 Å². The Morgan fingerprint density at radius 2 is 1.32 bits per heavy atom. The van der Waals surface area contributed by atoms with Crippen molar-refractivity contribution in [1.82, 2.24) is 10.2 Å². The number of carbonyl (C=O) groups is 5. The van der Waals surface area contributed by atoms with E-state index in [1.165, 1.54) is 36.4 Å². The van der Waals surface area contributed by atoms with E-state index in [0.29, 0.717) is 16.8 Å². The highest BCUT2D eigenvalue weighted by Gasteiger charge is 2.34. The molecule has 34 heavy (non-hydrogen) atoms. The molecule has 0 bridgehead atoms. The van der Waals surface area contributed by atoms with Gasteiger partial charge in [0.25, 0.3) is 23.6 Å². The van der Waals surface area contributed by atoms with E-state index >= 15 is 0 Å². The van der Waals surface area contributed by atoms with Crippen molar-refractivity contribution in [1.29, 1.82) is 0 Å². The molecule has 0 atom stereocenters. The first kappa shape index (κ1) is 22.4. The Balaban J connectivity index is 1.36. The molecule has 0 saturated heterocycles. The van der Waals surface area contributed by atoms with Gasteiger partial charge >= 0.3 is 5.97 Å². The molecule has 0 aromatic heterocycles. The minimum atomic E-state index is -1.11. The summed E-state index contributed by atoms with van der Waals surface area (Å²) in [7, 11) is 0. The largest absolute Gasteiger partial charge is 0.478 e. The molecular weight excluding hydrogens is 438 g/mol. The van der Waals surface area contributed by atoms with Crippen molar-refractivity contribution in [3.63, 3.8) is 0 Å². The molecule has 4 amide bonds. The van der Waals surface area contributed by atoms with Crippen molar-refractivity contribution in [2.75, 3.05) is 18.4 Å². The van der Waals surface area contributed by atoms with Gasteiger partial charge in [0, 0.05) is 29.9 Å². The number of amides is 4. The number of nitrogens with zero attached hydrogens (tertiary/aromatic N) is 1. The van der Waals surface area contributed by atoms with Gasteiger partial charge in [0.15, 0.2) is 0 Å². The molecule has 3 N–H and O–H groups in total. The summed E-state index contributed by atoms with van der Waals surface area (Å²) in [4.78, 5) is 62.1. The number of carboxylic acid groups (broad SMARTS) is 1. The minimum Gasteiger partial charge on any atom is -0.478 e. The Morgan fingerprint density at radius 1 is 0.735 bits per heavy atom. The molecular formula is C25H19N3O6. The van der Waals surface area contributed by atoms with Gasteiger partial charge in [-0.2, -0.15) is 0 Å². The fourth-order valence-electron chi connectivity index (χ4n) is 3.56. The predicted molar refractivity (Wildman–Crippen MR) is 122 cm³/mol. The van der Waals surface area contributed by atoms with Gasteiger partial charge < -0.3 is 15.7 Å². The first-order chi connectivity index (χ1) is 16.3. The smallest absolute Gasteiger partial charge is 0.335 e. The van der Waals surface area contributed by atoms with Crippen LogP contribution in [-0.4, -0.2) is 52.7 Å². The summed E-state index contributed by atoms with van der Waals surface area (Å²) < 4.78 is 0. The Morgan fingerprint density at radius 3 is 1.97 bits per heavy atom. The molecule has 9 nitrogen and oxygen atoms in total. The van der Waals surface area contributed by atoms with Crippen LogP contribution in [0.15, 0.2) is 72.8 Å². The summed E-state index contributed by atoms with van der Waals surface area (Å²) in [5, 5.41) is 14.3. The maximum atomic E-state index is 12.6. The lowest BCUT2D eigenvalue weighted by atomic mass is 10.1. The third-order valence-corrected chi connectivity index (χ3v) is 5.25. The van der Waals surface area contributed by atoms with Crippen LogP contribution in [0.25, 0.3) is 0 Å². The summed E-state index contributed by atoms with van der Waals surface area (Å²) in [6.07, 6.45) is 0. The van der Waals surface area contributed by atoms with Crippen LogP contribution in [-0.2, 0) is 0 Å². The molecule has 4 rings (SSSR count). The van der Waals surface area contributed by atoms with Gasteiger partial charge in [0.2, 0.25) is 0 Å². The highest BCUT2D eigenvalue weighted by Crippen LogP contribution is 2.21.